The van der Waals surface area contributed by atoms with Crippen LogP contribution in [0, 0.1) is 5.82 Å². The second-order valence-corrected chi connectivity index (χ2v) is 4.00. The Bertz CT molecular complexity index is 658. The third kappa shape index (κ3) is 3.17. The van der Waals surface area contributed by atoms with Gasteiger partial charge in [0.05, 0.1) is 23.4 Å². The van der Waals surface area contributed by atoms with Gasteiger partial charge in [0.1, 0.15) is 5.82 Å². The van der Waals surface area contributed by atoms with Crippen molar-refractivity contribution in [3.63, 3.8) is 0 Å². The average Bonchev–Trinajstić information content (AvgIpc) is 2.45. The molecule has 2 rings (SSSR count). The highest BCUT2D eigenvalue weighted by atomic mass is 19.1. The van der Waals surface area contributed by atoms with E-state index in [2.05, 4.69) is 10.3 Å². The van der Waals surface area contributed by atoms with E-state index in [4.69, 9.17) is 5.11 Å². The molecule has 0 aliphatic heterocycles. The van der Waals surface area contributed by atoms with Gasteiger partial charge in [0.2, 0.25) is 0 Å². The van der Waals surface area contributed by atoms with Crippen LogP contribution in [0.15, 0.2) is 42.6 Å². The number of aromatic nitrogens is 1. The monoisotopic (exact) mass is 274 g/mol. The Hall–Kier alpha value is -2.76. The lowest BCUT2D eigenvalue weighted by Crippen LogP contribution is -2.24. The number of carbonyl (C=O) groups excluding carboxylic acids is 1. The summed E-state index contributed by atoms with van der Waals surface area (Å²) in [5.41, 5.74) is 0.395. The minimum Gasteiger partial charge on any atom is -0.478 e. The first-order valence-electron chi connectivity index (χ1n) is 5.79. The quantitative estimate of drug-likeness (QED) is 0.891. The summed E-state index contributed by atoms with van der Waals surface area (Å²) in [5, 5.41) is 11.3. The molecular weight excluding hydrogens is 263 g/mol. The molecule has 0 fully saturated rings. The number of nitrogens with zero attached hydrogens (tertiary/aromatic N) is 1. The molecule has 20 heavy (non-hydrogen) atoms. The van der Waals surface area contributed by atoms with Crippen molar-refractivity contribution in [3.05, 3.63) is 65.2 Å². The van der Waals surface area contributed by atoms with Gasteiger partial charge < -0.3 is 10.4 Å². The summed E-state index contributed by atoms with van der Waals surface area (Å²) in [4.78, 5) is 26.5. The summed E-state index contributed by atoms with van der Waals surface area (Å²) in [7, 11) is 0. The summed E-state index contributed by atoms with van der Waals surface area (Å²) in [6, 6.07) is 8.31. The molecule has 0 bridgehead atoms. The number of carboxylic acid groups (broad SMARTS) is 1. The van der Waals surface area contributed by atoms with Crippen LogP contribution in [0.3, 0.4) is 0 Å². The number of aromatic carboxylic acids is 1. The lowest BCUT2D eigenvalue weighted by Gasteiger charge is -2.06. The van der Waals surface area contributed by atoms with Gasteiger partial charge in [0.15, 0.2) is 0 Å². The Morgan fingerprint density at radius 1 is 1.25 bits per heavy atom. The lowest BCUT2D eigenvalue weighted by molar-refractivity contribution is 0.0696. The van der Waals surface area contributed by atoms with E-state index in [0.29, 0.717) is 5.69 Å². The SMILES string of the molecule is O=C(O)c1ccnc(CNC(=O)c2ccccc2F)c1. The van der Waals surface area contributed by atoms with Crippen LogP contribution in [-0.4, -0.2) is 22.0 Å². The van der Waals surface area contributed by atoms with Crippen molar-refractivity contribution in [1.29, 1.82) is 0 Å². The minimum absolute atomic E-state index is 0.0221. The Labute approximate surface area is 114 Å². The van der Waals surface area contributed by atoms with Crippen LogP contribution >= 0.6 is 0 Å². The van der Waals surface area contributed by atoms with Gasteiger partial charge in [-0.05, 0) is 24.3 Å². The van der Waals surface area contributed by atoms with Gasteiger partial charge in [-0.15, -0.1) is 0 Å². The summed E-state index contributed by atoms with van der Waals surface area (Å²) in [6.07, 6.45) is 1.34. The van der Waals surface area contributed by atoms with Crippen molar-refractivity contribution in [3.8, 4) is 0 Å². The maximum Gasteiger partial charge on any atom is 0.335 e. The van der Waals surface area contributed by atoms with Gasteiger partial charge >= 0.3 is 5.97 Å². The zero-order chi connectivity index (χ0) is 14.5. The molecule has 0 saturated carbocycles. The lowest BCUT2D eigenvalue weighted by atomic mass is 10.2. The minimum atomic E-state index is -1.07. The molecule has 1 amide bonds. The van der Waals surface area contributed by atoms with E-state index in [-0.39, 0.29) is 17.7 Å². The van der Waals surface area contributed by atoms with Crippen molar-refractivity contribution in [2.24, 2.45) is 0 Å². The number of hydrogen-bond donors (Lipinski definition) is 2. The van der Waals surface area contributed by atoms with Gasteiger partial charge in [-0.3, -0.25) is 9.78 Å². The number of benzene rings is 1. The maximum atomic E-state index is 13.4. The standard InChI is InChI=1S/C14H11FN2O3/c15-12-4-2-1-3-11(12)13(18)17-8-10-7-9(14(19)20)5-6-16-10/h1-7H,8H2,(H,17,18)(H,19,20). The highest BCUT2D eigenvalue weighted by Crippen LogP contribution is 2.07. The van der Waals surface area contributed by atoms with Crippen molar-refractivity contribution < 1.29 is 19.1 Å². The van der Waals surface area contributed by atoms with Crippen LogP contribution in [0.4, 0.5) is 4.39 Å². The fraction of sp³-hybridized carbons (Fsp3) is 0.0714. The Balaban J connectivity index is 2.06. The molecule has 5 nitrogen and oxygen atoms in total. The maximum absolute atomic E-state index is 13.4. The van der Waals surface area contributed by atoms with Gasteiger partial charge in [0, 0.05) is 6.20 Å². The van der Waals surface area contributed by atoms with Crippen LogP contribution in [0.1, 0.15) is 26.4 Å². The fourth-order valence-corrected chi connectivity index (χ4v) is 1.62. The molecule has 2 aromatic rings. The highest BCUT2D eigenvalue weighted by Gasteiger charge is 2.11. The molecule has 0 aliphatic rings. The predicted octanol–water partition coefficient (Wildman–Crippen LogP) is 1.85. The van der Waals surface area contributed by atoms with E-state index in [0.717, 1.165) is 0 Å². The molecule has 0 unspecified atom stereocenters. The summed E-state index contributed by atoms with van der Waals surface area (Å²) in [5.74, 6) is -2.27. The number of carboxylic acids is 1. The van der Waals surface area contributed by atoms with Crippen LogP contribution in [-0.2, 0) is 6.54 Å². The number of rotatable bonds is 4. The molecule has 6 heteroatoms. The Morgan fingerprint density at radius 2 is 2.00 bits per heavy atom. The first-order valence-corrected chi connectivity index (χ1v) is 5.79. The molecule has 1 heterocycles. The zero-order valence-electron chi connectivity index (χ0n) is 10.3. The smallest absolute Gasteiger partial charge is 0.335 e. The van der Waals surface area contributed by atoms with E-state index in [9.17, 15) is 14.0 Å². The number of pyridine rings is 1. The second-order valence-electron chi connectivity index (χ2n) is 4.00. The molecule has 0 saturated heterocycles. The number of nitrogens with one attached hydrogen (secondary N) is 1. The van der Waals surface area contributed by atoms with Crippen molar-refractivity contribution in [1.82, 2.24) is 10.3 Å². The average molecular weight is 274 g/mol. The first-order chi connectivity index (χ1) is 9.58. The van der Waals surface area contributed by atoms with Gasteiger partial charge in [-0.25, -0.2) is 9.18 Å². The van der Waals surface area contributed by atoms with E-state index in [1.54, 1.807) is 6.07 Å². The summed E-state index contributed by atoms with van der Waals surface area (Å²) in [6.45, 7) is 0.0221. The normalized spacial score (nSPS) is 10.1. The van der Waals surface area contributed by atoms with Gasteiger partial charge in [0.25, 0.3) is 5.91 Å². The molecule has 1 aromatic heterocycles. The van der Waals surface area contributed by atoms with E-state index >= 15 is 0 Å². The Kier molecular flexibility index (Phi) is 4.05. The third-order valence-corrected chi connectivity index (χ3v) is 2.61. The van der Waals surface area contributed by atoms with Gasteiger partial charge in [-0.1, -0.05) is 12.1 Å². The first kappa shape index (κ1) is 13.7. The zero-order valence-corrected chi connectivity index (χ0v) is 10.3. The number of amides is 1. The van der Waals surface area contributed by atoms with Crippen LogP contribution in [0.25, 0.3) is 0 Å². The molecule has 0 spiro atoms. The largest absolute Gasteiger partial charge is 0.478 e. The molecule has 0 aliphatic carbocycles. The summed E-state index contributed by atoms with van der Waals surface area (Å²) >= 11 is 0. The summed E-state index contributed by atoms with van der Waals surface area (Å²) < 4.78 is 13.4. The highest BCUT2D eigenvalue weighted by molar-refractivity contribution is 5.94. The topological polar surface area (TPSA) is 79.3 Å². The number of halogens is 1. The predicted molar refractivity (Wildman–Crippen MR) is 68.8 cm³/mol. The number of hydrogen-bond acceptors (Lipinski definition) is 3. The van der Waals surface area contributed by atoms with Crippen LogP contribution in [0.2, 0.25) is 0 Å². The van der Waals surface area contributed by atoms with Crippen LogP contribution < -0.4 is 5.32 Å². The molecule has 1 aromatic carbocycles. The Morgan fingerprint density at radius 3 is 2.70 bits per heavy atom. The molecule has 102 valence electrons. The second kappa shape index (κ2) is 5.92. The van der Waals surface area contributed by atoms with E-state index < -0.39 is 17.7 Å². The molecule has 0 radical (unpaired) electrons. The van der Waals surface area contributed by atoms with Crippen molar-refractivity contribution >= 4 is 11.9 Å². The van der Waals surface area contributed by atoms with Gasteiger partial charge in [-0.2, -0.15) is 0 Å². The van der Waals surface area contributed by atoms with E-state index in [1.807, 2.05) is 0 Å². The van der Waals surface area contributed by atoms with Crippen molar-refractivity contribution in [2.45, 2.75) is 6.54 Å². The molecular formula is C14H11FN2O3. The molecule has 2 N–H and O–H groups in total. The molecule has 0 atom stereocenters. The number of carbonyl (C=O) groups is 2. The third-order valence-electron chi connectivity index (χ3n) is 2.61. The van der Waals surface area contributed by atoms with Crippen molar-refractivity contribution in [2.75, 3.05) is 0 Å². The van der Waals surface area contributed by atoms with E-state index in [1.165, 1.54) is 36.5 Å². The van der Waals surface area contributed by atoms with Crippen LogP contribution in [0.5, 0.6) is 0 Å². The fourth-order valence-electron chi connectivity index (χ4n) is 1.62.